The van der Waals surface area contributed by atoms with Crippen LogP contribution in [0.5, 0.6) is 0 Å². The summed E-state index contributed by atoms with van der Waals surface area (Å²) in [6.07, 6.45) is 0.170. The third-order valence-electron chi connectivity index (χ3n) is 3.13. The Bertz CT molecular complexity index is 677. The molecular formula is C12H17N5O2. The second-order valence-electron chi connectivity index (χ2n) is 4.56. The van der Waals surface area contributed by atoms with Crippen LogP contribution in [0.4, 0.5) is 5.82 Å². The fourth-order valence-corrected chi connectivity index (χ4v) is 1.97. The molecule has 0 amide bonds. The number of nitrogens with zero attached hydrogens (tertiary/aromatic N) is 3. The molecule has 2 heterocycles. The molecule has 0 aliphatic heterocycles. The summed E-state index contributed by atoms with van der Waals surface area (Å²) in [6, 6.07) is 1.63. The highest BCUT2D eigenvalue weighted by Gasteiger charge is 2.13. The predicted molar refractivity (Wildman–Crippen MR) is 71.1 cm³/mol. The van der Waals surface area contributed by atoms with E-state index in [0.29, 0.717) is 18.1 Å². The lowest BCUT2D eigenvalue weighted by molar-refractivity contribution is 0.0883. The van der Waals surface area contributed by atoms with Crippen LogP contribution in [0.1, 0.15) is 28.3 Å². The van der Waals surface area contributed by atoms with Gasteiger partial charge in [-0.25, -0.2) is 4.79 Å². The highest BCUT2D eigenvalue weighted by molar-refractivity contribution is 5.80. The molecule has 0 radical (unpaired) electrons. The first-order valence-corrected chi connectivity index (χ1v) is 6.01. The van der Waals surface area contributed by atoms with Crippen molar-refractivity contribution in [3.05, 3.63) is 33.6 Å². The van der Waals surface area contributed by atoms with Crippen molar-refractivity contribution in [1.29, 1.82) is 0 Å². The van der Waals surface area contributed by atoms with Gasteiger partial charge in [-0.1, -0.05) is 0 Å². The lowest BCUT2D eigenvalue weighted by Gasteiger charge is -2.05. The molecule has 19 heavy (non-hydrogen) atoms. The maximum Gasteiger partial charge on any atom is 0.325 e. The van der Waals surface area contributed by atoms with Crippen LogP contribution in [0.15, 0.2) is 10.9 Å². The predicted octanol–water partition coefficient (Wildman–Crippen LogP) is 0.611. The van der Waals surface area contributed by atoms with Crippen molar-refractivity contribution in [1.82, 2.24) is 19.3 Å². The van der Waals surface area contributed by atoms with Crippen LogP contribution < -0.4 is 11.4 Å². The van der Waals surface area contributed by atoms with E-state index < -0.39 is 0 Å². The number of nitrogen functional groups attached to an aromatic ring is 1. The molecule has 2 aromatic heterocycles. The Kier molecular flexibility index (Phi) is 3.28. The minimum atomic E-state index is -0.226. The summed E-state index contributed by atoms with van der Waals surface area (Å²) in [4.78, 5) is 26.3. The second kappa shape index (κ2) is 4.75. The molecule has 0 fully saturated rings. The van der Waals surface area contributed by atoms with Crippen molar-refractivity contribution in [2.45, 2.75) is 33.7 Å². The molecule has 0 saturated carbocycles. The summed E-state index contributed by atoms with van der Waals surface area (Å²) >= 11 is 0. The molecule has 3 N–H and O–H groups in total. The number of nitrogens with one attached hydrogen (secondary N) is 1. The number of carbonyl (C=O) groups is 1. The van der Waals surface area contributed by atoms with Gasteiger partial charge in [0.25, 0.3) is 5.91 Å². The number of aromatic nitrogens is 4. The molecule has 102 valence electrons. The zero-order valence-electron chi connectivity index (χ0n) is 11.2. The number of rotatable bonds is 3. The molecule has 0 saturated heterocycles. The maximum absolute atomic E-state index is 12.0. The summed E-state index contributed by atoms with van der Waals surface area (Å²) in [7, 11) is 0. The third kappa shape index (κ3) is 2.44. The number of aryl methyl sites for hydroxylation is 2. The van der Waals surface area contributed by atoms with Gasteiger partial charge in [0, 0.05) is 30.4 Å². The number of nitrogens with two attached hydrogens (primary N) is 1. The van der Waals surface area contributed by atoms with Gasteiger partial charge in [-0.05, 0) is 20.8 Å². The first kappa shape index (κ1) is 13.1. The SMILES string of the molecule is Cc1cc(N)n(C(=O)CCn2c(C)c(C)[nH]c2=O)n1. The van der Waals surface area contributed by atoms with Gasteiger partial charge in [-0.2, -0.15) is 9.78 Å². The molecule has 0 atom stereocenters. The number of anilines is 1. The molecule has 0 bridgehead atoms. The van der Waals surface area contributed by atoms with Gasteiger partial charge in [-0.3, -0.25) is 9.36 Å². The van der Waals surface area contributed by atoms with Gasteiger partial charge >= 0.3 is 5.69 Å². The molecule has 7 heteroatoms. The Balaban J connectivity index is 2.13. The normalized spacial score (nSPS) is 10.9. The van der Waals surface area contributed by atoms with Gasteiger partial charge in [0.1, 0.15) is 5.82 Å². The van der Waals surface area contributed by atoms with Crippen LogP contribution in [0.2, 0.25) is 0 Å². The van der Waals surface area contributed by atoms with Crippen molar-refractivity contribution in [2.24, 2.45) is 0 Å². The zero-order valence-corrected chi connectivity index (χ0v) is 11.2. The third-order valence-corrected chi connectivity index (χ3v) is 3.13. The Morgan fingerprint density at radius 3 is 2.58 bits per heavy atom. The Hall–Kier alpha value is -2.31. The lowest BCUT2D eigenvalue weighted by Crippen LogP contribution is -2.22. The van der Waals surface area contributed by atoms with E-state index in [-0.39, 0.29) is 18.0 Å². The van der Waals surface area contributed by atoms with E-state index in [0.717, 1.165) is 11.4 Å². The second-order valence-corrected chi connectivity index (χ2v) is 4.56. The first-order chi connectivity index (χ1) is 8.90. The van der Waals surface area contributed by atoms with Crippen LogP contribution in [0, 0.1) is 20.8 Å². The minimum Gasteiger partial charge on any atom is -0.383 e. The molecule has 0 unspecified atom stereocenters. The highest BCUT2D eigenvalue weighted by atomic mass is 16.2. The summed E-state index contributed by atoms with van der Waals surface area (Å²) in [5, 5.41) is 4.02. The van der Waals surface area contributed by atoms with E-state index in [2.05, 4.69) is 10.1 Å². The van der Waals surface area contributed by atoms with Crippen LogP contribution in [-0.4, -0.2) is 25.2 Å². The van der Waals surface area contributed by atoms with Gasteiger partial charge in [0.15, 0.2) is 0 Å². The number of aromatic amines is 1. The topological polar surface area (TPSA) is 98.7 Å². The molecular weight excluding hydrogens is 246 g/mol. The van der Waals surface area contributed by atoms with Crippen molar-refractivity contribution in [3.8, 4) is 0 Å². The van der Waals surface area contributed by atoms with Gasteiger partial charge in [-0.15, -0.1) is 0 Å². The van der Waals surface area contributed by atoms with E-state index >= 15 is 0 Å². The largest absolute Gasteiger partial charge is 0.383 e. The summed E-state index contributed by atoms with van der Waals surface area (Å²) < 4.78 is 2.72. The monoisotopic (exact) mass is 263 g/mol. The Labute approximate surface area is 110 Å². The van der Waals surface area contributed by atoms with E-state index in [9.17, 15) is 9.59 Å². The van der Waals surface area contributed by atoms with Crippen molar-refractivity contribution >= 4 is 11.7 Å². The van der Waals surface area contributed by atoms with Crippen LogP contribution in [0.3, 0.4) is 0 Å². The van der Waals surface area contributed by atoms with Crippen molar-refractivity contribution < 1.29 is 4.79 Å². The molecule has 0 aromatic carbocycles. The van der Waals surface area contributed by atoms with Gasteiger partial charge < -0.3 is 10.7 Å². The first-order valence-electron chi connectivity index (χ1n) is 6.01. The molecule has 2 aromatic rings. The van der Waals surface area contributed by atoms with Gasteiger partial charge in [0.05, 0.1) is 5.69 Å². The van der Waals surface area contributed by atoms with E-state index in [1.807, 2.05) is 13.8 Å². The number of imidazole rings is 1. The number of H-pyrrole nitrogens is 1. The Morgan fingerprint density at radius 2 is 2.11 bits per heavy atom. The van der Waals surface area contributed by atoms with Gasteiger partial charge in [0.2, 0.25) is 0 Å². The number of hydrogen-bond donors (Lipinski definition) is 2. The minimum absolute atomic E-state index is 0.170. The average Bonchev–Trinajstić information content (AvgIpc) is 2.78. The number of carbonyl (C=O) groups excluding carboxylic acids is 1. The number of hydrogen-bond acceptors (Lipinski definition) is 4. The van der Waals surface area contributed by atoms with E-state index in [1.165, 1.54) is 4.68 Å². The highest BCUT2D eigenvalue weighted by Crippen LogP contribution is 2.07. The zero-order chi connectivity index (χ0) is 14.2. The van der Waals surface area contributed by atoms with Crippen molar-refractivity contribution in [3.63, 3.8) is 0 Å². The smallest absolute Gasteiger partial charge is 0.325 e. The lowest BCUT2D eigenvalue weighted by atomic mass is 10.3. The molecule has 7 nitrogen and oxygen atoms in total. The fourth-order valence-electron chi connectivity index (χ4n) is 1.97. The average molecular weight is 263 g/mol. The Morgan fingerprint density at radius 1 is 1.42 bits per heavy atom. The summed E-state index contributed by atoms with van der Waals surface area (Å²) in [6.45, 7) is 5.74. The summed E-state index contributed by atoms with van der Waals surface area (Å²) in [5.41, 5.74) is 7.82. The van der Waals surface area contributed by atoms with Crippen molar-refractivity contribution in [2.75, 3.05) is 5.73 Å². The fraction of sp³-hybridized carbons (Fsp3) is 0.417. The quantitative estimate of drug-likeness (QED) is 0.847. The molecule has 0 aliphatic rings. The standard InChI is InChI=1S/C12H17N5O2/c1-7-6-10(13)17(15-7)11(18)4-5-16-9(3)8(2)14-12(16)19/h6H,4-5,13H2,1-3H3,(H,14,19). The van der Waals surface area contributed by atoms with E-state index in [1.54, 1.807) is 17.6 Å². The van der Waals surface area contributed by atoms with E-state index in [4.69, 9.17) is 5.73 Å². The maximum atomic E-state index is 12.0. The molecule has 2 rings (SSSR count). The van der Waals surface area contributed by atoms with Crippen LogP contribution in [-0.2, 0) is 6.54 Å². The molecule has 0 spiro atoms. The summed E-state index contributed by atoms with van der Waals surface area (Å²) in [5.74, 6) is 0.0903. The van der Waals surface area contributed by atoms with Crippen LogP contribution >= 0.6 is 0 Å². The molecule has 0 aliphatic carbocycles. The van der Waals surface area contributed by atoms with Crippen LogP contribution in [0.25, 0.3) is 0 Å².